The van der Waals surface area contributed by atoms with Crippen molar-refractivity contribution in [1.29, 1.82) is 0 Å². The van der Waals surface area contributed by atoms with Crippen molar-refractivity contribution in [3.8, 4) is 11.5 Å². The van der Waals surface area contributed by atoms with E-state index >= 15 is 0 Å². The second-order valence-corrected chi connectivity index (χ2v) is 6.90. The van der Waals surface area contributed by atoms with E-state index in [0.29, 0.717) is 28.4 Å². The minimum Gasteiger partial charge on any atom is -0.497 e. The molecule has 2 amide bonds. The SMILES string of the molecule is COc1ccc(OC)c(NCC(=O)Nc2ccc(C(=O)N3CCCCC3)cc2)c1. The van der Waals surface area contributed by atoms with Crippen molar-refractivity contribution < 1.29 is 19.1 Å². The van der Waals surface area contributed by atoms with E-state index in [2.05, 4.69) is 10.6 Å². The van der Waals surface area contributed by atoms with Gasteiger partial charge in [0.15, 0.2) is 0 Å². The number of carbonyl (C=O) groups is 2. The summed E-state index contributed by atoms with van der Waals surface area (Å²) in [6, 6.07) is 12.3. The summed E-state index contributed by atoms with van der Waals surface area (Å²) in [6.07, 6.45) is 3.31. The van der Waals surface area contributed by atoms with Gasteiger partial charge in [-0.3, -0.25) is 9.59 Å². The van der Waals surface area contributed by atoms with Gasteiger partial charge in [0.25, 0.3) is 5.91 Å². The van der Waals surface area contributed by atoms with Gasteiger partial charge in [0, 0.05) is 30.4 Å². The number of carbonyl (C=O) groups excluding carboxylic acids is 2. The number of hydrogen-bond acceptors (Lipinski definition) is 5. The van der Waals surface area contributed by atoms with Crippen molar-refractivity contribution in [2.75, 3.05) is 44.5 Å². The largest absolute Gasteiger partial charge is 0.497 e. The van der Waals surface area contributed by atoms with Gasteiger partial charge >= 0.3 is 0 Å². The second-order valence-electron chi connectivity index (χ2n) is 6.90. The first-order valence-corrected chi connectivity index (χ1v) is 9.76. The molecule has 7 nitrogen and oxygen atoms in total. The van der Waals surface area contributed by atoms with Crippen LogP contribution in [0.2, 0.25) is 0 Å². The number of amides is 2. The van der Waals surface area contributed by atoms with E-state index in [0.717, 1.165) is 25.9 Å². The molecule has 2 N–H and O–H groups in total. The van der Waals surface area contributed by atoms with Crippen molar-refractivity contribution in [1.82, 2.24) is 4.90 Å². The number of benzene rings is 2. The highest BCUT2D eigenvalue weighted by atomic mass is 16.5. The normalized spacial score (nSPS) is 13.5. The minimum absolute atomic E-state index is 0.0503. The van der Waals surface area contributed by atoms with Crippen LogP contribution in [0.25, 0.3) is 0 Å². The molecular formula is C22H27N3O4. The predicted octanol–water partition coefficient (Wildman–Crippen LogP) is 3.38. The number of piperidine rings is 1. The molecule has 154 valence electrons. The quantitative estimate of drug-likeness (QED) is 0.749. The Bertz CT molecular complexity index is 846. The predicted molar refractivity (Wildman–Crippen MR) is 113 cm³/mol. The van der Waals surface area contributed by atoms with Gasteiger partial charge in [-0.05, 0) is 55.7 Å². The third-order valence-corrected chi connectivity index (χ3v) is 4.90. The van der Waals surface area contributed by atoms with Crippen LogP contribution in [-0.4, -0.2) is 50.6 Å². The van der Waals surface area contributed by atoms with Gasteiger partial charge in [-0.25, -0.2) is 0 Å². The van der Waals surface area contributed by atoms with Crippen LogP contribution in [0.3, 0.4) is 0 Å². The number of anilines is 2. The Morgan fingerprint density at radius 2 is 1.69 bits per heavy atom. The molecule has 1 fully saturated rings. The zero-order valence-corrected chi connectivity index (χ0v) is 16.9. The maximum Gasteiger partial charge on any atom is 0.253 e. The van der Waals surface area contributed by atoms with Crippen LogP contribution in [0.5, 0.6) is 11.5 Å². The maximum atomic E-state index is 12.5. The van der Waals surface area contributed by atoms with E-state index in [1.54, 1.807) is 56.7 Å². The number of methoxy groups -OCH3 is 2. The molecule has 2 aromatic carbocycles. The molecule has 1 aliphatic rings. The highest BCUT2D eigenvalue weighted by Gasteiger charge is 2.18. The summed E-state index contributed by atoms with van der Waals surface area (Å²) in [5, 5.41) is 5.88. The standard InChI is InChI=1S/C22H27N3O4/c1-28-18-10-11-20(29-2)19(14-18)23-15-21(26)24-17-8-6-16(7-9-17)22(27)25-12-4-3-5-13-25/h6-11,14,23H,3-5,12-13,15H2,1-2H3,(H,24,26). The lowest BCUT2D eigenvalue weighted by molar-refractivity contribution is -0.114. The van der Waals surface area contributed by atoms with E-state index < -0.39 is 0 Å². The number of ether oxygens (including phenoxy) is 2. The number of rotatable bonds is 7. The van der Waals surface area contributed by atoms with Gasteiger partial charge in [0.05, 0.1) is 26.5 Å². The van der Waals surface area contributed by atoms with Crippen LogP contribution in [0, 0.1) is 0 Å². The molecule has 1 saturated heterocycles. The van der Waals surface area contributed by atoms with Gasteiger partial charge in [-0.2, -0.15) is 0 Å². The summed E-state index contributed by atoms with van der Waals surface area (Å²) in [6.45, 7) is 1.70. The van der Waals surface area contributed by atoms with E-state index in [1.807, 2.05) is 4.90 Å². The Labute approximate surface area is 171 Å². The van der Waals surface area contributed by atoms with Crippen molar-refractivity contribution in [3.63, 3.8) is 0 Å². The zero-order valence-electron chi connectivity index (χ0n) is 16.9. The molecule has 1 aliphatic heterocycles. The monoisotopic (exact) mass is 397 g/mol. The minimum atomic E-state index is -0.204. The Balaban J connectivity index is 1.55. The highest BCUT2D eigenvalue weighted by Crippen LogP contribution is 2.28. The number of nitrogens with one attached hydrogen (secondary N) is 2. The third kappa shape index (κ3) is 5.40. The lowest BCUT2D eigenvalue weighted by Crippen LogP contribution is -2.35. The Hall–Kier alpha value is -3.22. The van der Waals surface area contributed by atoms with E-state index in [-0.39, 0.29) is 18.4 Å². The summed E-state index contributed by atoms with van der Waals surface area (Å²) in [4.78, 5) is 26.7. The first kappa shape index (κ1) is 20.5. The molecule has 29 heavy (non-hydrogen) atoms. The van der Waals surface area contributed by atoms with E-state index in [1.165, 1.54) is 6.42 Å². The average molecular weight is 397 g/mol. The third-order valence-electron chi connectivity index (χ3n) is 4.90. The van der Waals surface area contributed by atoms with Gasteiger partial charge in [-0.15, -0.1) is 0 Å². The number of hydrogen-bond donors (Lipinski definition) is 2. The average Bonchev–Trinajstić information content (AvgIpc) is 2.78. The van der Waals surface area contributed by atoms with Crippen LogP contribution >= 0.6 is 0 Å². The molecule has 0 unspecified atom stereocenters. The van der Waals surface area contributed by atoms with E-state index in [9.17, 15) is 9.59 Å². The second kappa shape index (κ2) is 9.82. The molecule has 2 aromatic rings. The van der Waals surface area contributed by atoms with Gasteiger partial charge in [0.1, 0.15) is 11.5 Å². The number of likely N-dealkylation sites (tertiary alicyclic amines) is 1. The Kier molecular flexibility index (Phi) is 6.94. The summed E-state index contributed by atoms with van der Waals surface area (Å²) < 4.78 is 10.5. The first-order valence-electron chi connectivity index (χ1n) is 9.76. The van der Waals surface area contributed by atoms with Crippen LogP contribution in [0.15, 0.2) is 42.5 Å². The van der Waals surface area contributed by atoms with Crippen LogP contribution in [0.4, 0.5) is 11.4 Å². The molecule has 0 saturated carbocycles. The number of nitrogens with zero attached hydrogens (tertiary/aromatic N) is 1. The topological polar surface area (TPSA) is 79.9 Å². The fraction of sp³-hybridized carbons (Fsp3) is 0.364. The van der Waals surface area contributed by atoms with Crippen LogP contribution in [0.1, 0.15) is 29.6 Å². The van der Waals surface area contributed by atoms with Crippen molar-refractivity contribution in [3.05, 3.63) is 48.0 Å². The van der Waals surface area contributed by atoms with Gasteiger partial charge < -0.3 is 25.0 Å². The van der Waals surface area contributed by atoms with E-state index in [4.69, 9.17) is 9.47 Å². The molecule has 3 rings (SSSR count). The van der Waals surface area contributed by atoms with Gasteiger partial charge in [0.2, 0.25) is 5.91 Å². The maximum absolute atomic E-state index is 12.5. The molecule has 0 radical (unpaired) electrons. The van der Waals surface area contributed by atoms with Crippen LogP contribution in [-0.2, 0) is 4.79 Å². The zero-order chi connectivity index (χ0) is 20.6. The molecule has 0 atom stereocenters. The lowest BCUT2D eigenvalue weighted by Gasteiger charge is -2.26. The smallest absolute Gasteiger partial charge is 0.253 e. The van der Waals surface area contributed by atoms with Gasteiger partial charge in [-0.1, -0.05) is 0 Å². The molecule has 0 aliphatic carbocycles. The van der Waals surface area contributed by atoms with Crippen molar-refractivity contribution in [2.24, 2.45) is 0 Å². The molecule has 7 heteroatoms. The summed E-state index contributed by atoms with van der Waals surface area (Å²) in [5.41, 5.74) is 1.96. The summed E-state index contributed by atoms with van der Waals surface area (Å²) in [5.74, 6) is 1.14. The fourth-order valence-electron chi connectivity index (χ4n) is 3.31. The van der Waals surface area contributed by atoms with Crippen LogP contribution < -0.4 is 20.1 Å². The summed E-state index contributed by atoms with van der Waals surface area (Å²) in [7, 11) is 3.15. The molecule has 0 aromatic heterocycles. The van der Waals surface area contributed by atoms with Crippen molar-refractivity contribution in [2.45, 2.75) is 19.3 Å². The Morgan fingerprint density at radius 1 is 0.966 bits per heavy atom. The molecule has 0 bridgehead atoms. The fourth-order valence-corrected chi connectivity index (χ4v) is 3.31. The molecule has 1 heterocycles. The van der Waals surface area contributed by atoms with Crippen molar-refractivity contribution >= 4 is 23.2 Å². The molecular weight excluding hydrogens is 370 g/mol. The first-order chi connectivity index (χ1) is 14.1. The lowest BCUT2D eigenvalue weighted by atomic mass is 10.1. The molecule has 0 spiro atoms. The summed E-state index contributed by atoms with van der Waals surface area (Å²) >= 11 is 0. The highest BCUT2D eigenvalue weighted by molar-refractivity contribution is 5.96. The Morgan fingerprint density at radius 3 is 2.34 bits per heavy atom.